The van der Waals surface area contributed by atoms with E-state index in [1.54, 1.807) is 6.07 Å². The van der Waals surface area contributed by atoms with Gasteiger partial charge in [0.05, 0.1) is 28.5 Å². The Morgan fingerprint density at radius 2 is 1.89 bits per heavy atom. The summed E-state index contributed by atoms with van der Waals surface area (Å²) in [6.07, 6.45) is -3.40. The molecule has 0 spiro atoms. The van der Waals surface area contributed by atoms with E-state index in [1.165, 1.54) is 31.2 Å². The molecule has 2 aromatic carbocycles. The van der Waals surface area contributed by atoms with Gasteiger partial charge < -0.3 is 20.9 Å². The minimum atomic E-state index is -5.36. The van der Waals surface area contributed by atoms with E-state index in [2.05, 4.69) is 20.5 Å². The molecule has 4 aromatic rings. The average Bonchev–Trinajstić information content (AvgIpc) is 3.78. The van der Waals surface area contributed by atoms with Gasteiger partial charge in [-0.25, -0.2) is 9.37 Å². The topological polar surface area (TPSA) is 140 Å². The Balaban J connectivity index is 1.40. The zero-order valence-corrected chi connectivity index (χ0v) is 23.8. The van der Waals surface area contributed by atoms with Gasteiger partial charge in [0.1, 0.15) is 29.3 Å². The molecule has 14 heteroatoms. The predicted molar refractivity (Wildman–Crippen MR) is 150 cm³/mol. The number of carbonyl (C=O) groups is 2. The highest BCUT2D eigenvalue weighted by Gasteiger charge is 2.57. The molecule has 9 nitrogen and oxygen atoms in total. The van der Waals surface area contributed by atoms with Crippen LogP contribution in [0, 0.1) is 5.82 Å². The number of fused-ring (bicyclic) bond motifs is 2. The second-order valence-corrected chi connectivity index (χ2v) is 11.6. The first kappa shape index (κ1) is 29.7. The van der Waals surface area contributed by atoms with Crippen molar-refractivity contribution < 1.29 is 37.0 Å². The molecule has 2 amide bonds. The van der Waals surface area contributed by atoms with Crippen LogP contribution in [0.3, 0.4) is 0 Å². The predicted octanol–water partition coefficient (Wildman–Crippen LogP) is 4.68. The van der Waals surface area contributed by atoms with Crippen LogP contribution >= 0.6 is 11.6 Å². The zero-order valence-electron chi connectivity index (χ0n) is 23.0. The molecule has 2 aliphatic rings. The van der Waals surface area contributed by atoms with Gasteiger partial charge in [-0.1, -0.05) is 11.6 Å². The standard InChI is InChI=1S/C30H24ClF4N5O4/c1-28(27(36)42)13-44-25-18(28)11-23(38-24(25)15-4-6-20(32)19(31)9-15)29(43,30(33,34)35)12-37-26(41)16-5-7-21-17(8-16)10-22(40-39-21)14-2-3-14/h4-11,14,43H,2-3,12-13H2,1H3,(H2,36,42)(H,37,41)/t28-,29-/m0/s1. The number of rotatable bonds is 7. The highest BCUT2D eigenvalue weighted by molar-refractivity contribution is 6.31. The SMILES string of the molecule is C[C@]1(C(N)=O)COc2c1cc([C@@](O)(CNC(=O)c1ccc3nnc(C4CC4)cc3c1)C(F)(F)F)nc2-c1ccc(F)c(Cl)c1. The van der Waals surface area contributed by atoms with Crippen LogP contribution in [-0.4, -0.2) is 51.4 Å². The minimum Gasteiger partial charge on any atom is -0.489 e. The maximum atomic E-state index is 14.7. The molecular weight excluding hydrogens is 606 g/mol. The fraction of sp³-hybridized carbons (Fsp3) is 0.300. The second-order valence-electron chi connectivity index (χ2n) is 11.2. The van der Waals surface area contributed by atoms with Crippen molar-refractivity contribution >= 4 is 34.3 Å². The molecule has 1 aliphatic heterocycles. The molecule has 1 aliphatic carbocycles. The molecule has 6 rings (SSSR count). The van der Waals surface area contributed by atoms with E-state index in [4.69, 9.17) is 22.1 Å². The van der Waals surface area contributed by atoms with Crippen molar-refractivity contribution in [3.05, 3.63) is 81.9 Å². The van der Waals surface area contributed by atoms with Crippen molar-refractivity contribution in [1.29, 1.82) is 0 Å². The molecule has 2 atom stereocenters. The van der Waals surface area contributed by atoms with Gasteiger partial charge in [-0.2, -0.15) is 23.4 Å². The fourth-order valence-corrected chi connectivity index (χ4v) is 5.25. The third kappa shape index (κ3) is 4.99. The summed E-state index contributed by atoms with van der Waals surface area (Å²) < 4.78 is 63.6. The van der Waals surface area contributed by atoms with Crippen molar-refractivity contribution in [3.63, 3.8) is 0 Å². The van der Waals surface area contributed by atoms with Gasteiger partial charge in [-0.15, -0.1) is 0 Å². The number of aromatic nitrogens is 3. The number of benzene rings is 2. The van der Waals surface area contributed by atoms with Crippen LogP contribution in [0.25, 0.3) is 22.2 Å². The van der Waals surface area contributed by atoms with Crippen LogP contribution in [-0.2, 0) is 15.8 Å². The largest absolute Gasteiger partial charge is 0.489 e. The van der Waals surface area contributed by atoms with Gasteiger partial charge in [-0.3, -0.25) is 9.59 Å². The van der Waals surface area contributed by atoms with Crippen molar-refractivity contribution in [2.45, 2.75) is 42.9 Å². The number of halogens is 5. The van der Waals surface area contributed by atoms with Crippen molar-refractivity contribution in [1.82, 2.24) is 20.5 Å². The van der Waals surface area contributed by atoms with Crippen molar-refractivity contribution in [2.75, 3.05) is 13.2 Å². The minimum absolute atomic E-state index is 0.0371. The molecule has 44 heavy (non-hydrogen) atoms. The monoisotopic (exact) mass is 629 g/mol. The summed E-state index contributed by atoms with van der Waals surface area (Å²) in [4.78, 5) is 29.6. The molecule has 1 saturated carbocycles. The van der Waals surface area contributed by atoms with E-state index < -0.39 is 47.1 Å². The lowest BCUT2D eigenvalue weighted by molar-refractivity contribution is -0.265. The van der Waals surface area contributed by atoms with E-state index in [-0.39, 0.29) is 39.8 Å². The smallest absolute Gasteiger partial charge is 0.424 e. The zero-order chi connectivity index (χ0) is 31.6. The van der Waals surface area contributed by atoms with E-state index in [9.17, 15) is 32.3 Å². The number of nitrogens with zero attached hydrogens (tertiary/aromatic N) is 3. The summed E-state index contributed by atoms with van der Waals surface area (Å²) in [6, 6.07) is 10.4. The molecule has 2 aromatic heterocycles. The Labute approximate surface area is 252 Å². The molecule has 4 N–H and O–H groups in total. The van der Waals surface area contributed by atoms with Gasteiger partial charge in [0.25, 0.3) is 5.91 Å². The third-order valence-corrected chi connectivity index (χ3v) is 8.36. The van der Waals surface area contributed by atoms with Crippen LogP contribution in [0.1, 0.15) is 53.0 Å². The number of nitrogens with two attached hydrogens (primary N) is 1. The number of hydrogen-bond acceptors (Lipinski definition) is 7. The molecule has 1 fully saturated rings. The van der Waals surface area contributed by atoms with Crippen LogP contribution in [0.15, 0.2) is 48.5 Å². The number of hydrogen-bond donors (Lipinski definition) is 3. The number of aliphatic hydroxyl groups is 1. The number of amides is 2. The number of primary amides is 1. The maximum Gasteiger partial charge on any atom is 0.424 e. The fourth-order valence-electron chi connectivity index (χ4n) is 5.07. The number of ether oxygens (including phenoxy) is 1. The average molecular weight is 630 g/mol. The summed E-state index contributed by atoms with van der Waals surface area (Å²) in [5.41, 5.74) is 0.397. The van der Waals surface area contributed by atoms with Crippen molar-refractivity contribution in [3.8, 4) is 17.0 Å². The first-order valence-corrected chi connectivity index (χ1v) is 13.9. The summed E-state index contributed by atoms with van der Waals surface area (Å²) in [7, 11) is 0. The maximum absolute atomic E-state index is 14.7. The molecular formula is C30H24ClF4N5O4. The highest BCUT2D eigenvalue weighted by Crippen LogP contribution is 2.48. The second kappa shape index (κ2) is 10.4. The van der Waals surface area contributed by atoms with Crippen LogP contribution in [0.4, 0.5) is 17.6 Å². The highest BCUT2D eigenvalue weighted by atomic mass is 35.5. The van der Waals surface area contributed by atoms with Crippen LogP contribution in [0.2, 0.25) is 5.02 Å². The molecule has 228 valence electrons. The Hall–Kier alpha value is -4.36. The molecule has 0 bridgehead atoms. The van der Waals surface area contributed by atoms with E-state index in [1.807, 2.05) is 0 Å². The Morgan fingerprint density at radius 3 is 2.55 bits per heavy atom. The molecule has 0 saturated heterocycles. The Bertz CT molecular complexity index is 1850. The number of nitrogens with one attached hydrogen (secondary N) is 1. The van der Waals surface area contributed by atoms with Gasteiger partial charge in [0.15, 0.2) is 0 Å². The Kier molecular flexibility index (Phi) is 7.00. The van der Waals surface area contributed by atoms with Crippen molar-refractivity contribution in [2.24, 2.45) is 5.73 Å². The number of carbonyl (C=O) groups excluding carboxylic acids is 2. The summed E-state index contributed by atoms with van der Waals surface area (Å²) >= 11 is 5.93. The van der Waals surface area contributed by atoms with E-state index >= 15 is 0 Å². The molecule has 0 radical (unpaired) electrons. The summed E-state index contributed by atoms with van der Waals surface area (Å²) in [5.74, 6) is -2.35. The van der Waals surface area contributed by atoms with E-state index in [0.29, 0.717) is 16.8 Å². The van der Waals surface area contributed by atoms with E-state index in [0.717, 1.165) is 36.7 Å². The quantitative estimate of drug-likeness (QED) is 0.252. The molecule has 3 heterocycles. The lowest BCUT2D eigenvalue weighted by Gasteiger charge is -2.31. The third-order valence-electron chi connectivity index (χ3n) is 8.07. The number of alkyl halides is 3. The lowest BCUT2D eigenvalue weighted by atomic mass is 9.81. The summed E-state index contributed by atoms with van der Waals surface area (Å²) in [6.45, 7) is -0.279. The normalized spacial score (nSPS) is 19.2. The van der Waals surface area contributed by atoms with Gasteiger partial charge in [0, 0.05) is 28.0 Å². The van der Waals surface area contributed by atoms with Gasteiger partial charge in [0.2, 0.25) is 11.5 Å². The van der Waals surface area contributed by atoms with Crippen LogP contribution in [0.5, 0.6) is 5.75 Å². The first-order chi connectivity index (χ1) is 20.7. The molecule has 0 unspecified atom stereocenters. The van der Waals surface area contributed by atoms with Gasteiger partial charge in [-0.05, 0) is 68.3 Å². The number of pyridine rings is 1. The van der Waals surface area contributed by atoms with Gasteiger partial charge >= 0.3 is 6.18 Å². The summed E-state index contributed by atoms with van der Waals surface area (Å²) in [5, 5.41) is 22.0. The first-order valence-electron chi connectivity index (χ1n) is 13.5. The lowest BCUT2D eigenvalue weighted by Crippen LogP contribution is -2.51. The Morgan fingerprint density at radius 1 is 1.14 bits per heavy atom. The van der Waals surface area contributed by atoms with Crippen LogP contribution < -0.4 is 15.8 Å².